The molecule has 1 unspecified atom stereocenters. The first-order chi connectivity index (χ1) is 16.1. The summed E-state index contributed by atoms with van der Waals surface area (Å²) in [4.78, 5) is 17.6. The predicted molar refractivity (Wildman–Crippen MR) is 138 cm³/mol. The first-order valence-corrected chi connectivity index (χ1v) is 12.1. The van der Waals surface area contributed by atoms with E-state index in [9.17, 15) is 4.79 Å². The van der Waals surface area contributed by atoms with E-state index >= 15 is 0 Å². The van der Waals surface area contributed by atoms with Gasteiger partial charge in [0, 0.05) is 19.1 Å². The lowest BCUT2D eigenvalue weighted by Crippen LogP contribution is -2.46. The molecule has 1 saturated heterocycles. The lowest BCUT2D eigenvalue weighted by Gasteiger charge is -2.32. The fourth-order valence-corrected chi connectivity index (χ4v) is 4.09. The number of methoxy groups -OCH3 is 1. The maximum atomic E-state index is 13.3. The molecule has 0 aromatic heterocycles. The molecule has 188 valence electrons. The van der Waals surface area contributed by atoms with Gasteiger partial charge in [-0.15, -0.1) is 12.4 Å². The van der Waals surface area contributed by atoms with Crippen LogP contribution in [0.1, 0.15) is 45.1 Å². The largest absolute Gasteiger partial charge is 0.497 e. The number of ether oxygens (including phenoxy) is 3. The number of unbranched alkanes of at least 4 members (excludes halogenated alkanes) is 1. The summed E-state index contributed by atoms with van der Waals surface area (Å²) >= 11 is 0. The van der Waals surface area contributed by atoms with Gasteiger partial charge in [0.05, 0.1) is 13.7 Å². The second kappa shape index (κ2) is 14.7. The Morgan fingerprint density at radius 3 is 2.35 bits per heavy atom. The third-order valence-electron chi connectivity index (χ3n) is 6.01. The summed E-state index contributed by atoms with van der Waals surface area (Å²) in [6, 6.07) is 15.5. The summed E-state index contributed by atoms with van der Waals surface area (Å²) in [5.41, 5.74) is 1.05. The molecule has 3 rings (SSSR count). The number of benzene rings is 2. The normalized spacial score (nSPS) is 14.2. The Morgan fingerprint density at radius 1 is 1.03 bits per heavy atom. The molecular weight excluding hydrogens is 452 g/mol. The van der Waals surface area contributed by atoms with Crippen LogP contribution in [0.4, 0.5) is 0 Å². The lowest BCUT2D eigenvalue weighted by atomic mass is 10.1. The van der Waals surface area contributed by atoms with Crippen LogP contribution < -0.4 is 14.2 Å². The van der Waals surface area contributed by atoms with Gasteiger partial charge in [-0.05, 0) is 81.2 Å². The fourth-order valence-electron chi connectivity index (χ4n) is 4.09. The number of carbonyl (C=O) groups excluding carboxylic acids is 1. The first-order valence-electron chi connectivity index (χ1n) is 12.1. The van der Waals surface area contributed by atoms with Crippen LogP contribution in [0.15, 0.2) is 48.5 Å². The highest BCUT2D eigenvalue weighted by Gasteiger charge is 2.24. The van der Waals surface area contributed by atoms with Gasteiger partial charge in [0.25, 0.3) is 5.91 Å². The van der Waals surface area contributed by atoms with Gasteiger partial charge in [0.1, 0.15) is 17.2 Å². The molecule has 6 nitrogen and oxygen atoms in total. The lowest BCUT2D eigenvalue weighted by molar-refractivity contribution is -0.136. The molecule has 0 spiro atoms. The van der Waals surface area contributed by atoms with Crippen LogP contribution in [0.2, 0.25) is 0 Å². The van der Waals surface area contributed by atoms with Gasteiger partial charge in [-0.2, -0.15) is 0 Å². The van der Waals surface area contributed by atoms with Crippen molar-refractivity contribution in [3.8, 4) is 17.2 Å². The summed E-state index contributed by atoms with van der Waals surface area (Å²) < 4.78 is 16.9. The Morgan fingerprint density at radius 2 is 1.71 bits per heavy atom. The van der Waals surface area contributed by atoms with E-state index in [4.69, 9.17) is 14.2 Å². The van der Waals surface area contributed by atoms with Crippen molar-refractivity contribution in [3.05, 3.63) is 54.1 Å². The molecule has 1 aliphatic heterocycles. The number of nitrogens with zero attached hydrogens (tertiary/aromatic N) is 2. The van der Waals surface area contributed by atoms with E-state index in [1.54, 1.807) is 7.11 Å². The Kier molecular flexibility index (Phi) is 12.1. The Labute approximate surface area is 210 Å². The Balaban J connectivity index is 0.00000408. The van der Waals surface area contributed by atoms with E-state index in [1.165, 1.54) is 12.8 Å². The summed E-state index contributed by atoms with van der Waals surface area (Å²) in [7, 11) is 1.66. The van der Waals surface area contributed by atoms with Crippen LogP contribution >= 0.6 is 12.4 Å². The molecule has 0 bridgehead atoms. The van der Waals surface area contributed by atoms with Crippen LogP contribution in [0, 0.1) is 0 Å². The van der Waals surface area contributed by atoms with Gasteiger partial charge < -0.3 is 24.0 Å². The molecule has 7 heteroatoms. The minimum atomic E-state index is -0.0206. The molecule has 1 atom stereocenters. The molecule has 2 aromatic rings. The maximum Gasteiger partial charge on any atom is 0.261 e. The average Bonchev–Trinajstić information content (AvgIpc) is 3.35. The highest BCUT2D eigenvalue weighted by Crippen LogP contribution is 2.20. The number of hydrogen-bond acceptors (Lipinski definition) is 5. The second-order valence-electron chi connectivity index (χ2n) is 8.69. The molecule has 0 aliphatic carbocycles. The van der Waals surface area contributed by atoms with Gasteiger partial charge >= 0.3 is 0 Å². The van der Waals surface area contributed by atoms with Crippen LogP contribution in [0.5, 0.6) is 17.2 Å². The molecular formula is C27H39ClN2O4. The van der Waals surface area contributed by atoms with Crippen molar-refractivity contribution in [1.82, 2.24) is 9.80 Å². The summed E-state index contributed by atoms with van der Waals surface area (Å²) in [5, 5.41) is 0. The Hall–Kier alpha value is -2.44. The minimum absolute atomic E-state index is 0. The topological polar surface area (TPSA) is 51.2 Å². The number of halogens is 1. The molecule has 1 amide bonds. The molecule has 1 heterocycles. The molecule has 0 radical (unpaired) electrons. The summed E-state index contributed by atoms with van der Waals surface area (Å²) in [6.45, 7) is 8.59. The van der Waals surface area contributed by atoms with Crippen LogP contribution in [-0.4, -0.2) is 61.7 Å². The molecule has 0 saturated carbocycles. The van der Waals surface area contributed by atoms with E-state index in [1.807, 2.05) is 53.4 Å². The first kappa shape index (κ1) is 27.8. The van der Waals surface area contributed by atoms with Crippen molar-refractivity contribution in [1.29, 1.82) is 0 Å². The van der Waals surface area contributed by atoms with E-state index in [0.717, 1.165) is 49.5 Å². The van der Waals surface area contributed by atoms with E-state index < -0.39 is 0 Å². The monoisotopic (exact) mass is 490 g/mol. The zero-order valence-corrected chi connectivity index (χ0v) is 21.5. The highest BCUT2D eigenvalue weighted by molar-refractivity contribution is 5.85. The molecule has 1 fully saturated rings. The third kappa shape index (κ3) is 8.73. The predicted octanol–water partition coefficient (Wildman–Crippen LogP) is 5.19. The van der Waals surface area contributed by atoms with Crippen LogP contribution in [0.25, 0.3) is 0 Å². The number of carbonyl (C=O) groups is 1. The summed E-state index contributed by atoms with van der Waals surface area (Å²) in [5.74, 6) is 2.26. The fraction of sp³-hybridized carbons (Fsp3) is 0.519. The van der Waals surface area contributed by atoms with E-state index in [0.29, 0.717) is 18.9 Å². The van der Waals surface area contributed by atoms with Crippen molar-refractivity contribution >= 4 is 18.3 Å². The smallest absolute Gasteiger partial charge is 0.261 e. The molecule has 2 aromatic carbocycles. The van der Waals surface area contributed by atoms with Gasteiger partial charge in [-0.1, -0.05) is 25.5 Å². The van der Waals surface area contributed by atoms with Crippen molar-refractivity contribution in [3.63, 3.8) is 0 Å². The van der Waals surface area contributed by atoms with Crippen LogP contribution in [0.3, 0.4) is 0 Å². The van der Waals surface area contributed by atoms with Gasteiger partial charge in [-0.25, -0.2) is 0 Å². The zero-order chi connectivity index (χ0) is 23.5. The van der Waals surface area contributed by atoms with Crippen LogP contribution in [-0.2, 0) is 11.3 Å². The zero-order valence-electron chi connectivity index (χ0n) is 20.7. The number of hydrogen-bond donors (Lipinski definition) is 0. The SMILES string of the molecule is CCCCOc1ccc(OCC(=O)N(Cc2cccc(OC)c2)C(C)CN2CCCC2)cc1.Cl. The molecule has 0 N–H and O–H groups in total. The molecule has 34 heavy (non-hydrogen) atoms. The summed E-state index contributed by atoms with van der Waals surface area (Å²) in [6.07, 6.45) is 4.60. The van der Waals surface area contributed by atoms with Gasteiger partial charge in [0.2, 0.25) is 0 Å². The number of likely N-dealkylation sites (tertiary alicyclic amines) is 1. The highest BCUT2D eigenvalue weighted by atomic mass is 35.5. The van der Waals surface area contributed by atoms with E-state index in [2.05, 4.69) is 18.7 Å². The Bertz CT molecular complexity index is 856. The van der Waals surface area contributed by atoms with Crippen molar-refractivity contribution in [2.75, 3.05) is 40.0 Å². The van der Waals surface area contributed by atoms with Crippen molar-refractivity contribution in [2.24, 2.45) is 0 Å². The standard InChI is InChI=1S/C27H38N2O4.ClH/c1-4-5-17-32-24-11-13-25(14-12-24)33-21-27(30)29(22(2)19-28-15-6-7-16-28)20-23-9-8-10-26(18-23)31-3;/h8-14,18,22H,4-7,15-17,19-21H2,1-3H3;1H. The third-order valence-corrected chi connectivity index (χ3v) is 6.01. The average molecular weight is 491 g/mol. The van der Waals surface area contributed by atoms with E-state index in [-0.39, 0.29) is 31.0 Å². The second-order valence-corrected chi connectivity index (χ2v) is 8.69. The number of rotatable bonds is 13. The number of amides is 1. The molecule has 1 aliphatic rings. The van der Waals surface area contributed by atoms with Gasteiger partial charge in [0.15, 0.2) is 6.61 Å². The quantitative estimate of drug-likeness (QED) is 0.362. The minimum Gasteiger partial charge on any atom is -0.497 e. The maximum absolute atomic E-state index is 13.3. The van der Waals surface area contributed by atoms with Gasteiger partial charge in [-0.3, -0.25) is 4.79 Å². The van der Waals surface area contributed by atoms with Crippen molar-refractivity contribution < 1.29 is 19.0 Å². The van der Waals surface area contributed by atoms with Crippen molar-refractivity contribution in [2.45, 2.75) is 52.1 Å².